The van der Waals surface area contributed by atoms with Gasteiger partial charge in [-0.3, -0.25) is 0 Å². The number of hydrogen-bond donors (Lipinski definition) is 2. The molecule has 100 valence electrons. The van der Waals surface area contributed by atoms with Gasteiger partial charge < -0.3 is 10.4 Å². The number of nitrogens with one attached hydrogen (secondary N) is 1. The highest BCUT2D eigenvalue weighted by atomic mass is 79.9. The second-order valence-electron chi connectivity index (χ2n) is 4.60. The van der Waals surface area contributed by atoms with Gasteiger partial charge >= 0.3 is 0 Å². The summed E-state index contributed by atoms with van der Waals surface area (Å²) >= 11 is 5.08. The molecule has 0 aromatic carbocycles. The molecule has 6 heteroatoms. The summed E-state index contributed by atoms with van der Waals surface area (Å²) in [5.41, 5.74) is 0. The first kappa shape index (κ1) is 14.1. The summed E-state index contributed by atoms with van der Waals surface area (Å²) in [6.45, 7) is 2.22. The second-order valence-corrected chi connectivity index (χ2v) is 6.49. The number of halogens is 1. The van der Waals surface area contributed by atoms with Gasteiger partial charge in [-0.25, -0.2) is 9.97 Å². The molecule has 18 heavy (non-hydrogen) atoms. The van der Waals surface area contributed by atoms with Crippen molar-refractivity contribution in [1.29, 1.82) is 0 Å². The molecule has 1 aliphatic carbocycles. The van der Waals surface area contributed by atoms with E-state index in [1.54, 1.807) is 11.8 Å². The maximum absolute atomic E-state index is 9.28. The van der Waals surface area contributed by atoms with Crippen LogP contribution in [0.4, 0.5) is 5.82 Å². The molecule has 1 saturated carbocycles. The van der Waals surface area contributed by atoms with Crippen molar-refractivity contribution in [3.63, 3.8) is 0 Å². The van der Waals surface area contributed by atoms with Crippen molar-refractivity contribution >= 4 is 33.5 Å². The molecule has 2 rings (SSSR count). The molecule has 1 aliphatic rings. The molecule has 0 spiro atoms. The van der Waals surface area contributed by atoms with Crippen LogP contribution in [0.2, 0.25) is 0 Å². The van der Waals surface area contributed by atoms with E-state index in [1.165, 1.54) is 12.8 Å². The number of rotatable bonds is 6. The quantitative estimate of drug-likeness (QED) is 0.785. The van der Waals surface area contributed by atoms with Gasteiger partial charge in [-0.2, -0.15) is 11.8 Å². The van der Waals surface area contributed by atoms with Crippen molar-refractivity contribution in [1.82, 2.24) is 9.97 Å². The standard InChI is InChI=1S/C12H18BrN3OS/c1-7(9(6-17)18-2)14-11-5-10(13)15-12(16-11)8-3-4-8/h5,7-9,17H,3-4,6H2,1-2H3,(H,14,15,16). The Morgan fingerprint density at radius 3 is 2.83 bits per heavy atom. The van der Waals surface area contributed by atoms with Gasteiger partial charge in [0.25, 0.3) is 0 Å². The van der Waals surface area contributed by atoms with E-state index < -0.39 is 0 Å². The summed E-state index contributed by atoms with van der Waals surface area (Å²) in [6.07, 6.45) is 4.38. The molecular weight excluding hydrogens is 314 g/mol. The second kappa shape index (κ2) is 6.21. The maximum Gasteiger partial charge on any atom is 0.135 e. The molecule has 1 aromatic heterocycles. The molecule has 1 fully saturated rings. The van der Waals surface area contributed by atoms with Crippen molar-refractivity contribution in [2.45, 2.75) is 37.0 Å². The number of thioether (sulfide) groups is 1. The van der Waals surface area contributed by atoms with Crippen LogP contribution < -0.4 is 5.32 Å². The minimum Gasteiger partial charge on any atom is -0.395 e. The topological polar surface area (TPSA) is 58.0 Å². The number of anilines is 1. The van der Waals surface area contributed by atoms with Gasteiger partial charge in [0.1, 0.15) is 16.2 Å². The van der Waals surface area contributed by atoms with Crippen molar-refractivity contribution in [2.75, 3.05) is 18.2 Å². The van der Waals surface area contributed by atoms with E-state index in [9.17, 15) is 5.11 Å². The van der Waals surface area contributed by atoms with Crippen LogP contribution in [0.1, 0.15) is 31.5 Å². The number of nitrogens with zero attached hydrogens (tertiary/aromatic N) is 2. The number of hydrogen-bond acceptors (Lipinski definition) is 5. The normalized spacial score (nSPS) is 18.4. The van der Waals surface area contributed by atoms with Crippen molar-refractivity contribution in [3.8, 4) is 0 Å². The number of aromatic nitrogens is 2. The van der Waals surface area contributed by atoms with E-state index in [-0.39, 0.29) is 17.9 Å². The van der Waals surface area contributed by atoms with Gasteiger partial charge in [-0.05, 0) is 42.0 Å². The Morgan fingerprint density at radius 2 is 2.28 bits per heavy atom. The first-order valence-electron chi connectivity index (χ1n) is 6.08. The highest BCUT2D eigenvalue weighted by Crippen LogP contribution is 2.38. The molecule has 0 radical (unpaired) electrons. The largest absolute Gasteiger partial charge is 0.395 e. The Morgan fingerprint density at radius 1 is 1.56 bits per heavy atom. The fourth-order valence-corrected chi connectivity index (χ4v) is 2.82. The van der Waals surface area contributed by atoms with Crippen molar-refractivity contribution in [3.05, 3.63) is 16.5 Å². The first-order chi connectivity index (χ1) is 8.63. The van der Waals surface area contributed by atoms with E-state index in [2.05, 4.69) is 38.1 Å². The Hall–Kier alpha value is -0.330. The zero-order valence-corrected chi connectivity index (χ0v) is 13.0. The summed E-state index contributed by atoms with van der Waals surface area (Å²) in [7, 11) is 0. The third-order valence-electron chi connectivity index (χ3n) is 3.07. The third kappa shape index (κ3) is 3.59. The lowest BCUT2D eigenvalue weighted by atomic mass is 10.2. The van der Waals surface area contributed by atoms with E-state index in [0.717, 1.165) is 16.2 Å². The summed E-state index contributed by atoms with van der Waals surface area (Å²) in [5.74, 6) is 2.29. The molecule has 2 N–H and O–H groups in total. The van der Waals surface area contributed by atoms with Crippen LogP contribution >= 0.6 is 27.7 Å². The Labute approximate surface area is 120 Å². The number of aliphatic hydroxyl groups excluding tert-OH is 1. The lowest BCUT2D eigenvalue weighted by molar-refractivity contribution is 0.288. The molecule has 0 bridgehead atoms. The minimum absolute atomic E-state index is 0.164. The van der Waals surface area contributed by atoms with Gasteiger partial charge in [-0.1, -0.05) is 0 Å². The molecule has 1 aromatic rings. The van der Waals surface area contributed by atoms with Crippen molar-refractivity contribution < 1.29 is 5.11 Å². The van der Waals surface area contributed by atoms with E-state index in [1.807, 2.05) is 12.3 Å². The zero-order chi connectivity index (χ0) is 13.1. The van der Waals surface area contributed by atoms with Crippen LogP contribution in [-0.2, 0) is 0 Å². The van der Waals surface area contributed by atoms with Gasteiger partial charge in [-0.15, -0.1) is 0 Å². The molecule has 2 atom stereocenters. The molecule has 4 nitrogen and oxygen atoms in total. The Kier molecular flexibility index (Phi) is 4.86. The zero-order valence-electron chi connectivity index (χ0n) is 10.6. The number of aliphatic hydroxyl groups is 1. The molecule has 0 saturated heterocycles. The van der Waals surface area contributed by atoms with Gasteiger partial charge in [0.2, 0.25) is 0 Å². The van der Waals surface area contributed by atoms with E-state index >= 15 is 0 Å². The van der Waals surface area contributed by atoms with E-state index in [4.69, 9.17) is 0 Å². The smallest absolute Gasteiger partial charge is 0.135 e. The van der Waals surface area contributed by atoms with Crippen LogP contribution in [0.15, 0.2) is 10.7 Å². The highest BCUT2D eigenvalue weighted by molar-refractivity contribution is 9.10. The molecule has 1 heterocycles. The van der Waals surface area contributed by atoms with Crippen LogP contribution in [0.5, 0.6) is 0 Å². The predicted octanol–water partition coefficient (Wildman–Crippen LogP) is 2.64. The highest BCUT2D eigenvalue weighted by Gasteiger charge is 2.27. The molecule has 0 aliphatic heterocycles. The fourth-order valence-electron chi connectivity index (χ4n) is 1.80. The SMILES string of the molecule is CSC(CO)C(C)Nc1cc(Br)nc(C2CC2)n1. The summed E-state index contributed by atoms with van der Waals surface area (Å²) in [6, 6.07) is 2.05. The molecule has 0 amide bonds. The Bertz CT molecular complexity index is 410. The molecule has 2 unspecified atom stereocenters. The average molecular weight is 332 g/mol. The average Bonchev–Trinajstić information content (AvgIpc) is 3.13. The van der Waals surface area contributed by atoms with Crippen LogP contribution in [0.25, 0.3) is 0 Å². The lowest BCUT2D eigenvalue weighted by Gasteiger charge is -2.22. The van der Waals surface area contributed by atoms with E-state index in [0.29, 0.717) is 5.92 Å². The summed E-state index contributed by atoms with van der Waals surface area (Å²) in [4.78, 5) is 8.94. The first-order valence-corrected chi connectivity index (χ1v) is 8.16. The molecular formula is C12H18BrN3OS. The summed E-state index contributed by atoms with van der Waals surface area (Å²) < 4.78 is 0.818. The monoisotopic (exact) mass is 331 g/mol. The third-order valence-corrected chi connectivity index (χ3v) is 4.64. The van der Waals surface area contributed by atoms with Crippen molar-refractivity contribution in [2.24, 2.45) is 0 Å². The van der Waals surface area contributed by atoms with Gasteiger partial charge in [0, 0.05) is 23.3 Å². The van der Waals surface area contributed by atoms with Gasteiger partial charge in [0.15, 0.2) is 0 Å². The summed E-state index contributed by atoms with van der Waals surface area (Å²) in [5, 5.41) is 12.8. The lowest BCUT2D eigenvalue weighted by Crippen LogP contribution is -2.31. The Balaban J connectivity index is 2.08. The van der Waals surface area contributed by atoms with Crippen LogP contribution in [-0.4, -0.2) is 39.2 Å². The maximum atomic E-state index is 9.28. The van der Waals surface area contributed by atoms with Crippen LogP contribution in [0, 0.1) is 0 Å². The minimum atomic E-state index is 0.164. The van der Waals surface area contributed by atoms with Crippen LogP contribution in [0.3, 0.4) is 0 Å². The predicted molar refractivity (Wildman–Crippen MR) is 79.2 cm³/mol. The van der Waals surface area contributed by atoms with Gasteiger partial charge in [0.05, 0.1) is 6.61 Å². The fraction of sp³-hybridized carbons (Fsp3) is 0.667.